The Balaban J connectivity index is 2.47. The summed E-state index contributed by atoms with van der Waals surface area (Å²) < 4.78 is 0. The van der Waals surface area contributed by atoms with Crippen LogP contribution in [0, 0.1) is 0 Å². The van der Waals surface area contributed by atoms with Crippen molar-refractivity contribution in [3.8, 4) is 0 Å². The van der Waals surface area contributed by atoms with Gasteiger partial charge in [-0.25, -0.2) is 9.97 Å². The quantitative estimate of drug-likeness (QED) is 0.829. The maximum Gasteiger partial charge on any atom is 0.134 e. The summed E-state index contributed by atoms with van der Waals surface area (Å²) in [7, 11) is 0. The molecule has 88 valence electrons. The molecule has 0 saturated heterocycles. The molecule has 0 saturated carbocycles. The van der Waals surface area contributed by atoms with Crippen LogP contribution in [0.4, 0.5) is 0 Å². The van der Waals surface area contributed by atoms with Gasteiger partial charge in [-0.1, -0.05) is 34.1 Å². The van der Waals surface area contributed by atoms with E-state index in [9.17, 15) is 0 Å². The second kappa shape index (κ2) is 4.13. The van der Waals surface area contributed by atoms with Crippen LogP contribution in [0.1, 0.15) is 56.9 Å². The van der Waals surface area contributed by atoms with Crippen molar-refractivity contribution in [1.29, 1.82) is 0 Å². The van der Waals surface area contributed by atoms with Gasteiger partial charge in [0.05, 0.1) is 5.69 Å². The van der Waals surface area contributed by atoms with Crippen molar-refractivity contribution in [2.75, 3.05) is 0 Å². The third-order valence-corrected chi connectivity index (χ3v) is 2.93. The Labute approximate surface area is 97.7 Å². The first-order valence-electron chi connectivity index (χ1n) is 6.12. The fourth-order valence-corrected chi connectivity index (χ4v) is 2.02. The van der Waals surface area contributed by atoms with Gasteiger partial charge in [-0.15, -0.1) is 0 Å². The lowest BCUT2D eigenvalue weighted by Crippen LogP contribution is -2.19. The summed E-state index contributed by atoms with van der Waals surface area (Å²) in [5.74, 6) is 0.985. The second-order valence-corrected chi connectivity index (χ2v) is 5.52. The molecule has 0 spiro atoms. The minimum Gasteiger partial charge on any atom is -0.307 e. The van der Waals surface area contributed by atoms with Crippen molar-refractivity contribution in [3.05, 3.63) is 22.8 Å². The minimum atomic E-state index is 0.0418. The van der Waals surface area contributed by atoms with Gasteiger partial charge in [0, 0.05) is 29.8 Å². The first-order valence-corrected chi connectivity index (χ1v) is 6.12. The van der Waals surface area contributed by atoms with Crippen molar-refractivity contribution < 1.29 is 0 Å². The molecular weight excluding hydrogens is 198 g/mol. The normalized spacial score (nSPS) is 15.2. The topological polar surface area (TPSA) is 37.8 Å². The number of fused-ring (bicyclic) bond motifs is 1. The van der Waals surface area contributed by atoms with Crippen LogP contribution in [0.15, 0.2) is 0 Å². The maximum absolute atomic E-state index is 4.75. The van der Waals surface area contributed by atoms with Gasteiger partial charge < -0.3 is 5.32 Å². The molecule has 16 heavy (non-hydrogen) atoms. The highest BCUT2D eigenvalue weighted by atomic mass is 15.0. The largest absolute Gasteiger partial charge is 0.307 e. The Kier molecular flexibility index (Phi) is 2.98. The van der Waals surface area contributed by atoms with Crippen LogP contribution < -0.4 is 5.32 Å². The lowest BCUT2D eigenvalue weighted by molar-refractivity contribution is 0.536. The molecule has 0 radical (unpaired) electrons. The molecule has 1 aliphatic rings. The zero-order valence-electron chi connectivity index (χ0n) is 10.7. The van der Waals surface area contributed by atoms with Crippen LogP contribution >= 0.6 is 0 Å². The van der Waals surface area contributed by atoms with Crippen LogP contribution in [0.2, 0.25) is 0 Å². The summed E-state index contributed by atoms with van der Waals surface area (Å²) in [5, 5.41) is 3.36. The standard InChI is InChI=1S/C13H21N3/c1-5-6-10-9-7-14-8-11(9)16-12(15-10)13(2,3)4/h14H,5-8H2,1-4H3. The third kappa shape index (κ3) is 2.09. The average molecular weight is 219 g/mol. The predicted octanol–water partition coefficient (Wildman–Crippen LogP) is 2.33. The summed E-state index contributed by atoms with van der Waals surface area (Å²) in [4.78, 5) is 9.45. The first-order chi connectivity index (χ1) is 7.52. The van der Waals surface area contributed by atoms with E-state index in [0.29, 0.717) is 0 Å². The predicted molar refractivity (Wildman–Crippen MR) is 65.3 cm³/mol. The van der Waals surface area contributed by atoms with E-state index in [2.05, 4.69) is 33.0 Å². The number of nitrogens with one attached hydrogen (secondary N) is 1. The molecule has 1 aromatic rings. The number of rotatable bonds is 2. The Morgan fingerprint density at radius 1 is 1.19 bits per heavy atom. The van der Waals surface area contributed by atoms with Gasteiger partial charge >= 0.3 is 0 Å². The lowest BCUT2D eigenvalue weighted by atomic mass is 9.95. The van der Waals surface area contributed by atoms with Crippen molar-refractivity contribution >= 4 is 0 Å². The summed E-state index contributed by atoms with van der Waals surface area (Å²) in [6.07, 6.45) is 2.21. The zero-order chi connectivity index (χ0) is 11.8. The molecule has 3 nitrogen and oxygen atoms in total. The Morgan fingerprint density at radius 3 is 2.56 bits per heavy atom. The molecule has 0 aliphatic carbocycles. The summed E-state index contributed by atoms with van der Waals surface area (Å²) in [6, 6.07) is 0. The minimum absolute atomic E-state index is 0.0418. The van der Waals surface area contributed by atoms with Crippen molar-refractivity contribution in [1.82, 2.24) is 15.3 Å². The molecule has 2 heterocycles. The molecule has 0 fully saturated rings. The van der Waals surface area contributed by atoms with Gasteiger partial charge in [-0.2, -0.15) is 0 Å². The molecule has 1 aliphatic heterocycles. The van der Waals surface area contributed by atoms with E-state index in [1.54, 1.807) is 0 Å². The van der Waals surface area contributed by atoms with E-state index in [-0.39, 0.29) is 5.41 Å². The van der Waals surface area contributed by atoms with Gasteiger partial charge in [-0.05, 0) is 6.42 Å². The summed E-state index contributed by atoms with van der Waals surface area (Å²) in [6.45, 7) is 10.6. The van der Waals surface area contributed by atoms with E-state index >= 15 is 0 Å². The van der Waals surface area contributed by atoms with Crippen LogP contribution in [-0.2, 0) is 24.9 Å². The molecule has 0 unspecified atom stereocenters. The van der Waals surface area contributed by atoms with Crippen molar-refractivity contribution in [3.63, 3.8) is 0 Å². The van der Waals surface area contributed by atoms with Gasteiger partial charge in [0.25, 0.3) is 0 Å². The second-order valence-electron chi connectivity index (χ2n) is 5.52. The van der Waals surface area contributed by atoms with E-state index in [4.69, 9.17) is 9.97 Å². The maximum atomic E-state index is 4.75. The average Bonchev–Trinajstić information content (AvgIpc) is 2.64. The van der Waals surface area contributed by atoms with E-state index in [1.807, 2.05) is 0 Å². The molecule has 0 bridgehead atoms. The van der Waals surface area contributed by atoms with E-state index in [0.717, 1.165) is 31.8 Å². The first kappa shape index (κ1) is 11.5. The van der Waals surface area contributed by atoms with Crippen LogP contribution in [0.3, 0.4) is 0 Å². The number of hydrogen-bond donors (Lipinski definition) is 1. The summed E-state index contributed by atoms with van der Waals surface area (Å²) >= 11 is 0. The fraction of sp³-hybridized carbons (Fsp3) is 0.692. The Morgan fingerprint density at radius 2 is 1.94 bits per heavy atom. The van der Waals surface area contributed by atoms with Crippen LogP contribution in [-0.4, -0.2) is 9.97 Å². The summed E-state index contributed by atoms with van der Waals surface area (Å²) in [5.41, 5.74) is 3.85. The van der Waals surface area contributed by atoms with Crippen molar-refractivity contribution in [2.45, 2.75) is 59.0 Å². The molecule has 1 aromatic heterocycles. The molecule has 2 rings (SSSR count). The smallest absolute Gasteiger partial charge is 0.134 e. The van der Waals surface area contributed by atoms with Crippen molar-refractivity contribution in [2.24, 2.45) is 0 Å². The monoisotopic (exact) mass is 219 g/mol. The van der Waals surface area contributed by atoms with Gasteiger partial charge in [0.1, 0.15) is 5.82 Å². The number of aryl methyl sites for hydroxylation is 1. The number of hydrogen-bond acceptors (Lipinski definition) is 3. The highest BCUT2D eigenvalue weighted by Crippen LogP contribution is 2.24. The van der Waals surface area contributed by atoms with Gasteiger partial charge in [-0.3, -0.25) is 0 Å². The molecular formula is C13H21N3. The highest BCUT2D eigenvalue weighted by molar-refractivity contribution is 5.30. The highest BCUT2D eigenvalue weighted by Gasteiger charge is 2.23. The van der Waals surface area contributed by atoms with E-state index in [1.165, 1.54) is 17.0 Å². The Bertz CT molecular complexity index is 391. The lowest BCUT2D eigenvalue weighted by Gasteiger charge is -2.19. The molecule has 0 aromatic carbocycles. The van der Waals surface area contributed by atoms with Crippen LogP contribution in [0.5, 0.6) is 0 Å². The molecule has 0 atom stereocenters. The SMILES string of the molecule is CCCc1nc(C(C)(C)C)nc2c1CNC2. The molecule has 1 N–H and O–H groups in total. The molecule has 3 heteroatoms. The van der Waals surface area contributed by atoms with Crippen LogP contribution in [0.25, 0.3) is 0 Å². The van der Waals surface area contributed by atoms with E-state index < -0.39 is 0 Å². The van der Waals surface area contributed by atoms with Gasteiger partial charge in [0.15, 0.2) is 0 Å². The third-order valence-electron chi connectivity index (χ3n) is 2.93. The van der Waals surface area contributed by atoms with Gasteiger partial charge in [0.2, 0.25) is 0 Å². The Hall–Kier alpha value is -0.960. The number of nitrogens with zero attached hydrogens (tertiary/aromatic N) is 2. The molecule has 0 amide bonds. The number of aromatic nitrogens is 2. The zero-order valence-corrected chi connectivity index (χ0v) is 10.7. The fourth-order valence-electron chi connectivity index (χ4n) is 2.02.